The van der Waals surface area contributed by atoms with Crippen LogP contribution >= 0.6 is 0 Å². The number of amides is 1. The van der Waals surface area contributed by atoms with E-state index in [-0.39, 0.29) is 11.9 Å². The first kappa shape index (κ1) is 14.4. The molecule has 0 atom stereocenters. The fourth-order valence-electron chi connectivity index (χ4n) is 2.35. The summed E-state index contributed by atoms with van der Waals surface area (Å²) in [6.07, 6.45) is 2.12. The standard InChI is InChI=1S/C16H18N4O2/c1-10(2)20-15(16(21)17-12-7-8-12)9-14(18-20)11-3-5-13(19-22)6-4-11/h3-6,9-10,12H,7-8H2,1-2H3,(H,17,21)/p+1. The molecule has 6 nitrogen and oxygen atoms in total. The van der Waals surface area contributed by atoms with Gasteiger partial charge in [0.25, 0.3) is 5.69 Å². The number of hydrogen-bond donors (Lipinski definition) is 2. The molecular weight excluding hydrogens is 280 g/mol. The lowest BCUT2D eigenvalue weighted by Gasteiger charge is -2.01. The minimum absolute atomic E-state index is 0.0510. The van der Waals surface area contributed by atoms with Crippen molar-refractivity contribution in [2.75, 3.05) is 0 Å². The number of benzene rings is 1. The van der Waals surface area contributed by atoms with Gasteiger partial charge in [0.05, 0.1) is 0 Å². The second-order valence-electron chi connectivity index (χ2n) is 5.90. The van der Waals surface area contributed by atoms with Crippen molar-refractivity contribution in [3.05, 3.63) is 40.9 Å². The van der Waals surface area contributed by atoms with Crippen LogP contribution in [0.3, 0.4) is 0 Å². The number of H-pyrrole nitrogens is 1. The molecule has 0 saturated heterocycles. The SMILES string of the molecule is CC(C)[n+]1[nH]c(-c2ccc(N=O)cc2)cc1C(=O)NC1CC1. The summed E-state index contributed by atoms with van der Waals surface area (Å²) in [6, 6.07) is 9.26. The minimum Gasteiger partial charge on any atom is -0.344 e. The van der Waals surface area contributed by atoms with E-state index in [0.29, 0.717) is 17.4 Å². The normalized spacial score (nSPS) is 14.1. The highest BCUT2D eigenvalue weighted by Gasteiger charge is 2.31. The largest absolute Gasteiger partial charge is 0.344 e. The maximum absolute atomic E-state index is 12.4. The molecule has 1 saturated carbocycles. The number of hydrogen-bond acceptors (Lipinski definition) is 3. The Morgan fingerprint density at radius 1 is 1.32 bits per heavy atom. The van der Waals surface area contributed by atoms with Crippen molar-refractivity contribution in [1.29, 1.82) is 0 Å². The highest BCUT2D eigenvalue weighted by Crippen LogP contribution is 2.23. The average molecular weight is 299 g/mol. The summed E-state index contributed by atoms with van der Waals surface area (Å²) < 4.78 is 1.86. The van der Waals surface area contributed by atoms with Crippen molar-refractivity contribution >= 4 is 11.6 Å². The Labute approximate surface area is 128 Å². The van der Waals surface area contributed by atoms with Crippen LogP contribution in [-0.2, 0) is 0 Å². The molecule has 2 aromatic rings. The summed E-state index contributed by atoms with van der Waals surface area (Å²) in [5.74, 6) is -0.0510. The molecule has 0 unspecified atom stereocenters. The fourth-order valence-corrected chi connectivity index (χ4v) is 2.35. The monoisotopic (exact) mass is 299 g/mol. The number of aromatic amines is 1. The van der Waals surface area contributed by atoms with E-state index in [9.17, 15) is 9.70 Å². The number of nitroso groups, excluding NO2 is 1. The van der Waals surface area contributed by atoms with Crippen LogP contribution in [0, 0.1) is 4.91 Å². The van der Waals surface area contributed by atoms with Gasteiger partial charge in [0, 0.05) is 17.7 Å². The van der Waals surface area contributed by atoms with Crippen molar-refractivity contribution in [2.45, 2.75) is 38.8 Å². The molecule has 0 spiro atoms. The predicted molar refractivity (Wildman–Crippen MR) is 82.8 cm³/mol. The van der Waals surface area contributed by atoms with Gasteiger partial charge >= 0.3 is 5.91 Å². The molecule has 22 heavy (non-hydrogen) atoms. The molecule has 2 N–H and O–H groups in total. The molecule has 0 aliphatic heterocycles. The van der Waals surface area contributed by atoms with Gasteiger partial charge < -0.3 is 5.32 Å². The molecule has 0 radical (unpaired) electrons. The van der Waals surface area contributed by atoms with Gasteiger partial charge in [0.1, 0.15) is 11.4 Å². The molecule has 114 valence electrons. The van der Waals surface area contributed by atoms with E-state index in [4.69, 9.17) is 0 Å². The summed E-state index contributed by atoms with van der Waals surface area (Å²) >= 11 is 0. The summed E-state index contributed by atoms with van der Waals surface area (Å²) in [7, 11) is 0. The van der Waals surface area contributed by atoms with Gasteiger partial charge in [-0.15, -0.1) is 9.59 Å². The zero-order valence-corrected chi connectivity index (χ0v) is 12.7. The van der Waals surface area contributed by atoms with Gasteiger partial charge in [0.2, 0.25) is 0 Å². The van der Waals surface area contributed by atoms with E-state index in [2.05, 4.69) is 15.6 Å². The van der Waals surface area contributed by atoms with E-state index >= 15 is 0 Å². The Bertz CT molecular complexity index is 699. The molecule has 1 aromatic heterocycles. The third-order valence-electron chi connectivity index (χ3n) is 3.73. The highest BCUT2D eigenvalue weighted by molar-refractivity contribution is 5.92. The van der Waals surface area contributed by atoms with E-state index in [1.54, 1.807) is 12.1 Å². The lowest BCUT2D eigenvalue weighted by molar-refractivity contribution is -0.768. The van der Waals surface area contributed by atoms with Crippen molar-refractivity contribution in [1.82, 2.24) is 10.4 Å². The van der Waals surface area contributed by atoms with Crippen molar-refractivity contribution < 1.29 is 9.48 Å². The summed E-state index contributed by atoms with van der Waals surface area (Å²) in [5.41, 5.74) is 2.76. The maximum Gasteiger partial charge on any atom is 0.318 e. The van der Waals surface area contributed by atoms with Gasteiger partial charge in [-0.3, -0.25) is 4.79 Å². The molecule has 3 rings (SSSR count). The first-order chi connectivity index (χ1) is 10.6. The van der Waals surface area contributed by atoms with Crippen LogP contribution in [0.5, 0.6) is 0 Å². The van der Waals surface area contributed by atoms with Gasteiger partial charge in [-0.05, 0) is 44.0 Å². The molecule has 1 heterocycles. The van der Waals surface area contributed by atoms with Crippen LogP contribution in [0.4, 0.5) is 5.69 Å². The van der Waals surface area contributed by atoms with Gasteiger partial charge in [-0.1, -0.05) is 12.1 Å². The maximum atomic E-state index is 12.4. The Morgan fingerprint density at radius 2 is 2.00 bits per heavy atom. The number of nitrogens with one attached hydrogen (secondary N) is 2. The lowest BCUT2D eigenvalue weighted by atomic mass is 10.1. The first-order valence-electron chi connectivity index (χ1n) is 7.47. The number of carbonyl (C=O) groups is 1. The average Bonchev–Trinajstić information content (AvgIpc) is 3.21. The number of aromatic nitrogens is 2. The first-order valence-corrected chi connectivity index (χ1v) is 7.47. The number of carbonyl (C=O) groups excluding carboxylic acids is 1. The van der Waals surface area contributed by atoms with E-state index < -0.39 is 0 Å². The van der Waals surface area contributed by atoms with Gasteiger partial charge in [-0.25, -0.2) is 0 Å². The van der Waals surface area contributed by atoms with Crippen molar-refractivity contribution in [2.24, 2.45) is 5.18 Å². The number of nitrogens with zero attached hydrogens (tertiary/aromatic N) is 2. The highest BCUT2D eigenvalue weighted by atomic mass is 16.3. The second-order valence-corrected chi connectivity index (χ2v) is 5.90. The molecule has 1 amide bonds. The molecular formula is C16H19N4O2+. The van der Waals surface area contributed by atoms with E-state index in [1.165, 1.54) is 0 Å². The van der Waals surface area contributed by atoms with Crippen molar-refractivity contribution in [3.63, 3.8) is 0 Å². The Hall–Kier alpha value is -2.50. The lowest BCUT2D eigenvalue weighted by Crippen LogP contribution is -2.46. The van der Waals surface area contributed by atoms with Crippen LogP contribution in [0.15, 0.2) is 35.5 Å². The summed E-state index contributed by atoms with van der Waals surface area (Å²) in [6.45, 7) is 4.04. The molecule has 1 aliphatic carbocycles. The summed E-state index contributed by atoms with van der Waals surface area (Å²) in [4.78, 5) is 22.8. The molecule has 1 fully saturated rings. The smallest absolute Gasteiger partial charge is 0.318 e. The Balaban J connectivity index is 1.93. The van der Waals surface area contributed by atoms with Crippen LogP contribution in [0.1, 0.15) is 43.2 Å². The van der Waals surface area contributed by atoms with E-state index in [1.807, 2.05) is 36.7 Å². The van der Waals surface area contributed by atoms with Crippen LogP contribution < -0.4 is 10.00 Å². The number of rotatable bonds is 5. The molecule has 0 bridgehead atoms. The minimum atomic E-state index is -0.0510. The quantitative estimate of drug-likeness (QED) is 0.657. The summed E-state index contributed by atoms with van der Waals surface area (Å²) in [5, 5.41) is 9.16. The zero-order valence-electron chi connectivity index (χ0n) is 12.7. The Kier molecular flexibility index (Phi) is 3.75. The predicted octanol–water partition coefficient (Wildman–Crippen LogP) is 2.84. The Morgan fingerprint density at radius 3 is 2.55 bits per heavy atom. The zero-order chi connectivity index (χ0) is 15.7. The van der Waals surface area contributed by atoms with Crippen molar-refractivity contribution in [3.8, 4) is 11.3 Å². The van der Waals surface area contributed by atoms with Gasteiger partial charge in [0.15, 0.2) is 6.04 Å². The van der Waals surface area contributed by atoms with Crippen LogP contribution in [-0.4, -0.2) is 17.0 Å². The molecule has 1 aromatic carbocycles. The third kappa shape index (κ3) is 2.90. The van der Waals surface area contributed by atoms with E-state index in [0.717, 1.165) is 24.1 Å². The van der Waals surface area contributed by atoms with Crippen LogP contribution in [0.25, 0.3) is 11.3 Å². The fraction of sp³-hybridized carbons (Fsp3) is 0.375. The second kappa shape index (κ2) is 5.71. The van der Waals surface area contributed by atoms with Crippen LogP contribution in [0.2, 0.25) is 0 Å². The molecule has 1 aliphatic rings. The van der Waals surface area contributed by atoms with Gasteiger partial charge in [-0.2, -0.15) is 5.10 Å². The third-order valence-corrected chi connectivity index (χ3v) is 3.73. The topological polar surface area (TPSA) is 78.2 Å². The molecule has 6 heteroatoms.